The summed E-state index contributed by atoms with van der Waals surface area (Å²) in [5.41, 5.74) is 1.09. The SMILES string of the molecule is CC1CCCCN1CC(=O)N(C)c1ccccc1C(=O)NCc1ccco1. The molecular formula is C21H27N3O3. The normalized spacial score (nSPS) is 17.5. The molecule has 0 spiro atoms. The molecule has 3 rings (SSSR count). The Labute approximate surface area is 160 Å². The number of furan rings is 1. The van der Waals surface area contributed by atoms with Gasteiger partial charge in [0.1, 0.15) is 5.76 Å². The van der Waals surface area contributed by atoms with E-state index in [0.29, 0.717) is 36.1 Å². The van der Waals surface area contributed by atoms with Crippen molar-refractivity contribution in [2.24, 2.45) is 0 Å². The molecule has 144 valence electrons. The standard InChI is InChI=1S/C21H27N3O3/c1-16-8-5-6-12-24(16)15-20(25)23(2)19-11-4-3-10-18(19)21(26)22-14-17-9-7-13-27-17/h3-4,7,9-11,13,16H,5-6,8,12,14-15H2,1-2H3,(H,22,26). The minimum absolute atomic E-state index is 0.00460. The lowest BCUT2D eigenvalue weighted by Crippen LogP contribution is -2.45. The third-order valence-electron chi connectivity index (χ3n) is 5.17. The third kappa shape index (κ3) is 4.77. The Balaban J connectivity index is 1.68. The highest BCUT2D eigenvalue weighted by atomic mass is 16.3. The first-order valence-corrected chi connectivity index (χ1v) is 9.46. The molecule has 2 aromatic rings. The van der Waals surface area contributed by atoms with E-state index < -0.39 is 0 Å². The summed E-state index contributed by atoms with van der Waals surface area (Å²) in [6, 6.07) is 11.2. The highest BCUT2D eigenvalue weighted by molar-refractivity contribution is 6.04. The Morgan fingerprint density at radius 2 is 2.04 bits per heavy atom. The fraction of sp³-hybridized carbons (Fsp3) is 0.429. The van der Waals surface area contributed by atoms with Gasteiger partial charge in [-0.2, -0.15) is 0 Å². The number of likely N-dealkylation sites (tertiary alicyclic amines) is 1. The third-order valence-corrected chi connectivity index (χ3v) is 5.17. The Kier molecular flexibility index (Phi) is 6.29. The summed E-state index contributed by atoms with van der Waals surface area (Å²) in [4.78, 5) is 29.3. The number of benzene rings is 1. The molecule has 1 aromatic heterocycles. The van der Waals surface area contributed by atoms with Crippen molar-refractivity contribution in [2.75, 3.05) is 25.0 Å². The number of anilines is 1. The molecule has 1 atom stereocenters. The first kappa shape index (κ1) is 19.2. The maximum atomic E-state index is 12.8. The van der Waals surface area contributed by atoms with Gasteiger partial charge in [0.2, 0.25) is 5.91 Å². The maximum Gasteiger partial charge on any atom is 0.253 e. The second kappa shape index (κ2) is 8.86. The highest BCUT2D eigenvalue weighted by Crippen LogP contribution is 2.21. The Morgan fingerprint density at radius 1 is 1.22 bits per heavy atom. The molecule has 1 fully saturated rings. The number of hydrogen-bond donors (Lipinski definition) is 1. The van der Waals surface area contributed by atoms with Crippen LogP contribution < -0.4 is 10.2 Å². The van der Waals surface area contributed by atoms with E-state index in [1.54, 1.807) is 42.5 Å². The predicted octanol–water partition coefficient (Wildman–Crippen LogP) is 3.05. The molecule has 2 amide bonds. The second-order valence-electron chi connectivity index (χ2n) is 7.05. The van der Waals surface area contributed by atoms with Crippen LogP contribution in [-0.2, 0) is 11.3 Å². The summed E-state index contributed by atoms with van der Waals surface area (Å²) in [7, 11) is 1.73. The van der Waals surface area contributed by atoms with Gasteiger partial charge in [0.25, 0.3) is 5.91 Å². The van der Waals surface area contributed by atoms with Crippen LogP contribution in [0.3, 0.4) is 0 Å². The number of rotatable bonds is 6. The van der Waals surface area contributed by atoms with Crippen molar-refractivity contribution in [1.82, 2.24) is 10.2 Å². The molecule has 1 aromatic carbocycles. The molecule has 1 saturated heterocycles. The monoisotopic (exact) mass is 369 g/mol. The Bertz CT molecular complexity index is 773. The van der Waals surface area contributed by atoms with Crippen molar-refractivity contribution in [3.63, 3.8) is 0 Å². The van der Waals surface area contributed by atoms with E-state index in [9.17, 15) is 9.59 Å². The Hall–Kier alpha value is -2.60. The lowest BCUT2D eigenvalue weighted by Gasteiger charge is -2.34. The lowest BCUT2D eigenvalue weighted by atomic mass is 10.0. The van der Waals surface area contributed by atoms with Crippen LogP contribution in [0.1, 0.15) is 42.3 Å². The summed E-state index contributed by atoms with van der Waals surface area (Å²) < 4.78 is 5.25. The molecule has 0 radical (unpaired) electrons. The molecule has 2 heterocycles. The zero-order chi connectivity index (χ0) is 19.2. The quantitative estimate of drug-likeness (QED) is 0.850. The summed E-state index contributed by atoms with van der Waals surface area (Å²) in [6.07, 6.45) is 5.06. The fourth-order valence-corrected chi connectivity index (χ4v) is 3.44. The largest absolute Gasteiger partial charge is 0.467 e. The second-order valence-corrected chi connectivity index (χ2v) is 7.05. The van der Waals surface area contributed by atoms with E-state index in [2.05, 4.69) is 17.1 Å². The molecule has 1 aliphatic heterocycles. The molecule has 1 N–H and O–H groups in total. The van der Waals surface area contributed by atoms with Crippen molar-refractivity contribution in [2.45, 2.75) is 38.8 Å². The smallest absolute Gasteiger partial charge is 0.253 e. The van der Waals surface area contributed by atoms with Crippen LogP contribution in [-0.4, -0.2) is 42.9 Å². The molecular weight excluding hydrogens is 342 g/mol. The number of piperidine rings is 1. The van der Waals surface area contributed by atoms with E-state index in [1.165, 1.54) is 6.42 Å². The molecule has 0 aliphatic carbocycles. The Morgan fingerprint density at radius 3 is 2.78 bits per heavy atom. The van der Waals surface area contributed by atoms with Gasteiger partial charge in [-0.1, -0.05) is 18.6 Å². The minimum Gasteiger partial charge on any atom is -0.467 e. The molecule has 6 heteroatoms. The lowest BCUT2D eigenvalue weighted by molar-refractivity contribution is -0.120. The average Bonchev–Trinajstić information content (AvgIpc) is 3.21. The van der Waals surface area contributed by atoms with Crippen LogP contribution in [0.5, 0.6) is 0 Å². The van der Waals surface area contributed by atoms with Crippen LogP contribution >= 0.6 is 0 Å². The number of para-hydroxylation sites is 1. The topological polar surface area (TPSA) is 65.8 Å². The van der Waals surface area contributed by atoms with Gasteiger partial charge < -0.3 is 14.6 Å². The number of amides is 2. The van der Waals surface area contributed by atoms with E-state index in [1.807, 2.05) is 12.1 Å². The number of carbonyl (C=O) groups excluding carboxylic acids is 2. The van der Waals surface area contributed by atoms with E-state index >= 15 is 0 Å². The molecule has 1 unspecified atom stereocenters. The first-order chi connectivity index (χ1) is 13.1. The van der Waals surface area contributed by atoms with Crippen molar-refractivity contribution >= 4 is 17.5 Å². The fourth-order valence-electron chi connectivity index (χ4n) is 3.44. The molecule has 6 nitrogen and oxygen atoms in total. The van der Waals surface area contributed by atoms with Gasteiger partial charge in [0.15, 0.2) is 0 Å². The molecule has 0 bridgehead atoms. The van der Waals surface area contributed by atoms with Crippen LogP contribution in [0.25, 0.3) is 0 Å². The predicted molar refractivity (Wildman–Crippen MR) is 105 cm³/mol. The number of nitrogens with one attached hydrogen (secondary N) is 1. The van der Waals surface area contributed by atoms with Gasteiger partial charge in [0, 0.05) is 13.1 Å². The minimum atomic E-state index is -0.229. The van der Waals surface area contributed by atoms with Crippen LogP contribution in [0.4, 0.5) is 5.69 Å². The van der Waals surface area contributed by atoms with Gasteiger partial charge in [-0.05, 0) is 50.6 Å². The molecule has 1 aliphatic rings. The zero-order valence-electron chi connectivity index (χ0n) is 16.0. The van der Waals surface area contributed by atoms with Gasteiger partial charge in [0.05, 0.1) is 30.6 Å². The van der Waals surface area contributed by atoms with E-state index in [4.69, 9.17) is 4.42 Å². The van der Waals surface area contributed by atoms with E-state index in [-0.39, 0.29) is 11.8 Å². The summed E-state index contributed by atoms with van der Waals surface area (Å²) in [6.45, 7) is 3.80. The zero-order valence-corrected chi connectivity index (χ0v) is 16.0. The van der Waals surface area contributed by atoms with Crippen molar-refractivity contribution in [3.05, 3.63) is 54.0 Å². The number of carbonyl (C=O) groups is 2. The first-order valence-electron chi connectivity index (χ1n) is 9.46. The van der Waals surface area contributed by atoms with Crippen LogP contribution in [0.2, 0.25) is 0 Å². The van der Waals surface area contributed by atoms with Crippen molar-refractivity contribution in [3.8, 4) is 0 Å². The molecule has 0 saturated carbocycles. The van der Waals surface area contributed by atoms with Gasteiger partial charge >= 0.3 is 0 Å². The van der Waals surface area contributed by atoms with Crippen molar-refractivity contribution in [1.29, 1.82) is 0 Å². The average molecular weight is 369 g/mol. The summed E-state index contributed by atoms with van der Waals surface area (Å²) in [5, 5.41) is 2.84. The van der Waals surface area contributed by atoms with Gasteiger partial charge in [-0.25, -0.2) is 0 Å². The number of nitrogens with zero attached hydrogens (tertiary/aromatic N) is 2. The van der Waals surface area contributed by atoms with Crippen LogP contribution in [0, 0.1) is 0 Å². The highest BCUT2D eigenvalue weighted by Gasteiger charge is 2.24. The number of likely N-dealkylation sites (N-methyl/N-ethyl adjacent to an activating group) is 1. The summed E-state index contributed by atoms with van der Waals surface area (Å²) in [5.74, 6) is 0.451. The van der Waals surface area contributed by atoms with Crippen molar-refractivity contribution < 1.29 is 14.0 Å². The summed E-state index contributed by atoms with van der Waals surface area (Å²) >= 11 is 0. The maximum absolute atomic E-state index is 12.8. The van der Waals surface area contributed by atoms with Gasteiger partial charge in [-0.3, -0.25) is 14.5 Å². The number of hydrogen-bond acceptors (Lipinski definition) is 4. The van der Waals surface area contributed by atoms with E-state index in [0.717, 1.165) is 19.4 Å². The van der Waals surface area contributed by atoms with Crippen LogP contribution in [0.15, 0.2) is 47.1 Å². The molecule has 27 heavy (non-hydrogen) atoms. The van der Waals surface area contributed by atoms with Gasteiger partial charge in [-0.15, -0.1) is 0 Å².